The van der Waals surface area contributed by atoms with E-state index in [1.165, 1.54) is 6.42 Å². The molecule has 1 amide bonds. The van der Waals surface area contributed by atoms with Crippen molar-refractivity contribution in [2.45, 2.75) is 20.3 Å². The third kappa shape index (κ3) is 2.40. The molecule has 0 radical (unpaired) electrons. The number of H-pyrrole nitrogens is 1. The van der Waals surface area contributed by atoms with E-state index in [2.05, 4.69) is 18.8 Å². The zero-order valence-electron chi connectivity index (χ0n) is 9.66. The molecular formula is C12H17ClN2O. The summed E-state index contributed by atoms with van der Waals surface area (Å²) in [6, 6.07) is 1.69. The summed E-state index contributed by atoms with van der Waals surface area (Å²) >= 11 is 5.80. The van der Waals surface area contributed by atoms with Crippen molar-refractivity contribution in [2.24, 2.45) is 11.8 Å². The van der Waals surface area contributed by atoms with Gasteiger partial charge in [0.1, 0.15) is 5.69 Å². The van der Waals surface area contributed by atoms with Gasteiger partial charge in [0.2, 0.25) is 0 Å². The maximum absolute atomic E-state index is 12.1. The number of carbonyl (C=O) groups excluding carboxylic acids is 1. The number of likely N-dealkylation sites (tertiary alicyclic amines) is 1. The fraction of sp³-hybridized carbons (Fsp3) is 0.583. The normalized spacial score (nSPS) is 25.8. The van der Waals surface area contributed by atoms with Crippen LogP contribution in [0.15, 0.2) is 12.3 Å². The van der Waals surface area contributed by atoms with Crippen molar-refractivity contribution < 1.29 is 4.79 Å². The summed E-state index contributed by atoms with van der Waals surface area (Å²) < 4.78 is 0. The Balaban J connectivity index is 2.09. The Morgan fingerprint density at radius 3 is 2.56 bits per heavy atom. The minimum absolute atomic E-state index is 0.0605. The summed E-state index contributed by atoms with van der Waals surface area (Å²) in [6.07, 6.45) is 2.85. The van der Waals surface area contributed by atoms with Crippen LogP contribution in [0, 0.1) is 11.8 Å². The maximum atomic E-state index is 12.1. The monoisotopic (exact) mass is 240 g/mol. The zero-order valence-corrected chi connectivity index (χ0v) is 10.4. The minimum atomic E-state index is 0.0605. The number of aromatic nitrogens is 1. The molecule has 16 heavy (non-hydrogen) atoms. The van der Waals surface area contributed by atoms with Crippen molar-refractivity contribution in [3.63, 3.8) is 0 Å². The van der Waals surface area contributed by atoms with Crippen molar-refractivity contribution in [1.82, 2.24) is 9.88 Å². The predicted molar refractivity (Wildman–Crippen MR) is 64.7 cm³/mol. The van der Waals surface area contributed by atoms with Gasteiger partial charge in [-0.25, -0.2) is 0 Å². The van der Waals surface area contributed by atoms with E-state index in [9.17, 15) is 4.79 Å². The van der Waals surface area contributed by atoms with E-state index >= 15 is 0 Å². The highest BCUT2D eigenvalue weighted by molar-refractivity contribution is 6.30. The second kappa shape index (κ2) is 4.50. The van der Waals surface area contributed by atoms with Gasteiger partial charge in [-0.3, -0.25) is 4.79 Å². The first kappa shape index (κ1) is 11.5. The molecular weight excluding hydrogens is 224 g/mol. The number of hydrogen-bond donors (Lipinski definition) is 1. The Labute approximate surface area is 101 Å². The Hall–Kier alpha value is -0.960. The third-order valence-corrected chi connectivity index (χ3v) is 3.25. The van der Waals surface area contributed by atoms with Crippen LogP contribution in [0.25, 0.3) is 0 Å². The first-order valence-electron chi connectivity index (χ1n) is 5.69. The van der Waals surface area contributed by atoms with Gasteiger partial charge < -0.3 is 9.88 Å². The minimum Gasteiger partial charge on any atom is -0.356 e. The van der Waals surface area contributed by atoms with E-state index in [4.69, 9.17) is 11.6 Å². The largest absolute Gasteiger partial charge is 0.356 e. The number of aromatic amines is 1. The summed E-state index contributed by atoms with van der Waals surface area (Å²) in [5, 5.41) is 0.585. The topological polar surface area (TPSA) is 36.1 Å². The van der Waals surface area contributed by atoms with Gasteiger partial charge >= 0.3 is 0 Å². The van der Waals surface area contributed by atoms with E-state index < -0.39 is 0 Å². The molecule has 1 aromatic rings. The van der Waals surface area contributed by atoms with Gasteiger partial charge in [0.15, 0.2) is 0 Å². The van der Waals surface area contributed by atoms with Crippen LogP contribution in [-0.4, -0.2) is 28.9 Å². The lowest BCUT2D eigenvalue weighted by Crippen LogP contribution is -2.42. The van der Waals surface area contributed by atoms with Crippen LogP contribution in [0.5, 0.6) is 0 Å². The number of halogens is 1. The molecule has 1 aliphatic rings. The Kier molecular flexibility index (Phi) is 3.24. The van der Waals surface area contributed by atoms with E-state index in [-0.39, 0.29) is 5.91 Å². The molecule has 2 unspecified atom stereocenters. The molecule has 2 heterocycles. The zero-order chi connectivity index (χ0) is 11.7. The number of piperidine rings is 1. The average Bonchev–Trinajstić information content (AvgIpc) is 2.62. The molecule has 2 rings (SSSR count). The van der Waals surface area contributed by atoms with Crippen LogP contribution in [0.3, 0.4) is 0 Å². The quantitative estimate of drug-likeness (QED) is 0.805. The second-order valence-electron chi connectivity index (χ2n) is 4.89. The summed E-state index contributed by atoms with van der Waals surface area (Å²) in [6.45, 7) is 6.08. The Bertz CT molecular complexity index is 378. The van der Waals surface area contributed by atoms with Gasteiger partial charge in [-0.15, -0.1) is 0 Å². The fourth-order valence-corrected chi connectivity index (χ4v) is 2.65. The highest BCUT2D eigenvalue weighted by Crippen LogP contribution is 2.22. The maximum Gasteiger partial charge on any atom is 0.270 e. The molecule has 1 fully saturated rings. The van der Waals surface area contributed by atoms with Gasteiger partial charge in [-0.2, -0.15) is 0 Å². The molecule has 2 atom stereocenters. The van der Waals surface area contributed by atoms with Crippen molar-refractivity contribution in [3.8, 4) is 0 Å². The lowest BCUT2D eigenvalue weighted by Gasteiger charge is -2.34. The SMILES string of the molecule is CC1CC(C)CN(C(=O)c2cc(Cl)c[nH]2)C1. The van der Waals surface area contributed by atoms with E-state index in [1.807, 2.05) is 4.90 Å². The number of carbonyl (C=O) groups is 1. The Morgan fingerprint density at radius 1 is 1.44 bits per heavy atom. The summed E-state index contributed by atoms with van der Waals surface area (Å²) in [4.78, 5) is 17.0. The van der Waals surface area contributed by atoms with E-state index in [0.717, 1.165) is 13.1 Å². The summed E-state index contributed by atoms with van der Waals surface area (Å²) in [5.74, 6) is 1.22. The lowest BCUT2D eigenvalue weighted by atomic mass is 9.92. The molecule has 88 valence electrons. The third-order valence-electron chi connectivity index (χ3n) is 3.03. The smallest absolute Gasteiger partial charge is 0.270 e. The number of amides is 1. The van der Waals surface area contributed by atoms with Crippen LogP contribution in [0.4, 0.5) is 0 Å². The average molecular weight is 241 g/mol. The van der Waals surface area contributed by atoms with E-state index in [1.54, 1.807) is 12.3 Å². The first-order valence-corrected chi connectivity index (χ1v) is 6.07. The van der Waals surface area contributed by atoms with Gasteiger partial charge in [0.05, 0.1) is 5.02 Å². The highest BCUT2D eigenvalue weighted by atomic mass is 35.5. The predicted octanol–water partition coefficient (Wildman–Crippen LogP) is 2.79. The van der Waals surface area contributed by atoms with Gasteiger partial charge in [0, 0.05) is 19.3 Å². The molecule has 4 heteroatoms. The number of nitrogens with zero attached hydrogens (tertiary/aromatic N) is 1. The summed E-state index contributed by atoms with van der Waals surface area (Å²) in [7, 11) is 0. The molecule has 1 aliphatic heterocycles. The molecule has 0 bridgehead atoms. The highest BCUT2D eigenvalue weighted by Gasteiger charge is 2.26. The van der Waals surface area contributed by atoms with Crippen LogP contribution < -0.4 is 0 Å². The molecule has 0 aromatic carbocycles. The molecule has 3 nitrogen and oxygen atoms in total. The molecule has 1 aromatic heterocycles. The second-order valence-corrected chi connectivity index (χ2v) is 5.32. The number of rotatable bonds is 1. The first-order chi connectivity index (χ1) is 7.56. The van der Waals surface area contributed by atoms with Crippen LogP contribution >= 0.6 is 11.6 Å². The Morgan fingerprint density at radius 2 is 2.06 bits per heavy atom. The van der Waals surface area contributed by atoms with Crippen molar-refractivity contribution in [2.75, 3.05) is 13.1 Å². The molecule has 0 spiro atoms. The fourth-order valence-electron chi connectivity index (χ4n) is 2.49. The standard InChI is InChI=1S/C12H17ClN2O/c1-8-3-9(2)7-15(6-8)12(16)11-4-10(13)5-14-11/h4-5,8-9,14H,3,6-7H2,1-2H3. The van der Waals surface area contributed by atoms with Crippen molar-refractivity contribution in [1.29, 1.82) is 0 Å². The molecule has 0 saturated carbocycles. The van der Waals surface area contributed by atoms with E-state index in [0.29, 0.717) is 22.6 Å². The molecule has 1 N–H and O–H groups in total. The van der Waals surface area contributed by atoms with Crippen LogP contribution in [-0.2, 0) is 0 Å². The van der Waals surface area contributed by atoms with Gasteiger partial charge in [0.25, 0.3) is 5.91 Å². The molecule has 0 aliphatic carbocycles. The molecule has 1 saturated heterocycles. The van der Waals surface area contributed by atoms with Crippen LogP contribution in [0.1, 0.15) is 30.8 Å². The van der Waals surface area contributed by atoms with Crippen molar-refractivity contribution in [3.05, 3.63) is 23.0 Å². The van der Waals surface area contributed by atoms with Gasteiger partial charge in [-0.1, -0.05) is 25.4 Å². The van der Waals surface area contributed by atoms with Crippen molar-refractivity contribution >= 4 is 17.5 Å². The van der Waals surface area contributed by atoms with Gasteiger partial charge in [-0.05, 0) is 24.3 Å². The number of nitrogens with one attached hydrogen (secondary N) is 1. The number of hydrogen-bond acceptors (Lipinski definition) is 1. The lowest BCUT2D eigenvalue weighted by molar-refractivity contribution is 0.0618. The summed E-state index contributed by atoms with van der Waals surface area (Å²) in [5.41, 5.74) is 0.589. The van der Waals surface area contributed by atoms with Crippen LogP contribution in [0.2, 0.25) is 5.02 Å².